The van der Waals surface area contributed by atoms with Gasteiger partial charge in [-0.15, -0.1) is 9.24 Å². The fraction of sp³-hybridized carbons (Fsp3) is 0.515. The maximum absolute atomic E-state index is 14.1. The molecular formula is C33H42N5O2P. The number of rotatable bonds is 8. The van der Waals surface area contributed by atoms with Crippen LogP contribution in [-0.4, -0.2) is 40.0 Å². The number of anilines is 1. The summed E-state index contributed by atoms with van der Waals surface area (Å²) in [7, 11) is 4.54. The van der Waals surface area contributed by atoms with Crippen molar-refractivity contribution in [3.8, 4) is 22.9 Å². The van der Waals surface area contributed by atoms with E-state index in [0.29, 0.717) is 35.4 Å². The van der Waals surface area contributed by atoms with E-state index < -0.39 is 0 Å². The molecule has 8 heteroatoms. The van der Waals surface area contributed by atoms with Crippen molar-refractivity contribution in [1.82, 2.24) is 14.8 Å². The van der Waals surface area contributed by atoms with Crippen molar-refractivity contribution >= 4 is 21.0 Å². The molecule has 2 aliphatic rings. The van der Waals surface area contributed by atoms with Gasteiger partial charge in [0, 0.05) is 36.5 Å². The number of hydrogen-bond acceptors (Lipinski definition) is 5. The van der Waals surface area contributed by atoms with Crippen molar-refractivity contribution in [2.45, 2.75) is 82.8 Å². The molecule has 1 aromatic carbocycles. The average Bonchev–Trinajstić information content (AvgIpc) is 3.51. The van der Waals surface area contributed by atoms with Crippen molar-refractivity contribution in [1.29, 1.82) is 5.26 Å². The molecule has 1 atom stereocenters. The summed E-state index contributed by atoms with van der Waals surface area (Å²) < 4.78 is 7.29. The second-order valence-corrected chi connectivity index (χ2v) is 13.0. The highest BCUT2D eigenvalue weighted by Gasteiger charge is 2.32. The summed E-state index contributed by atoms with van der Waals surface area (Å²) >= 11 is 0. The first-order valence-corrected chi connectivity index (χ1v) is 15.7. The van der Waals surface area contributed by atoms with Crippen LogP contribution in [0.2, 0.25) is 0 Å². The number of hydrogen-bond donors (Lipinski definition) is 0. The van der Waals surface area contributed by atoms with Gasteiger partial charge in [0.1, 0.15) is 17.6 Å². The van der Waals surface area contributed by atoms with Crippen LogP contribution in [0.3, 0.4) is 0 Å². The van der Waals surface area contributed by atoms with Crippen molar-refractivity contribution in [2.75, 3.05) is 18.6 Å². The average molecular weight is 572 g/mol. The van der Waals surface area contributed by atoms with Crippen LogP contribution in [0.4, 0.5) is 5.82 Å². The van der Waals surface area contributed by atoms with Crippen LogP contribution in [-0.2, 0) is 4.79 Å². The van der Waals surface area contributed by atoms with Crippen LogP contribution in [0.1, 0.15) is 88.3 Å². The minimum absolute atomic E-state index is 0.0565. The van der Waals surface area contributed by atoms with Gasteiger partial charge >= 0.3 is 0 Å². The molecule has 41 heavy (non-hydrogen) atoms. The van der Waals surface area contributed by atoms with E-state index in [-0.39, 0.29) is 17.9 Å². The Labute approximate surface area is 246 Å². The van der Waals surface area contributed by atoms with Gasteiger partial charge in [0.05, 0.1) is 18.9 Å². The van der Waals surface area contributed by atoms with E-state index in [2.05, 4.69) is 52.6 Å². The van der Waals surface area contributed by atoms with Crippen LogP contribution in [0.15, 0.2) is 48.9 Å². The Morgan fingerprint density at radius 3 is 2.51 bits per heavy atom. The topological polar surface area (TPSA) is 84.0 Å². The number of nitriles is 1. The zero-order valence-corrected chi connectivity index (χ0v) is 25.7. The molecule has 1 unspecified atom stereocenters. The van der Waals surface area contributed by atoms with Crippen molar-refractivity contribution < 1.29 is 9.53 Å². The number of amides is 1. The lowest BCUT2D eigenvalue weighted by Crippen LogP contribution is -2.42. The quantitative estimate of drug-likeness (QED) is 0.268. The molecule has 3 aromatic rings. The fourth-order valence-corrected chi connectivity index (χ4v) is 6.79. The first kappa shape index (κ1) is 29.3. The van der Waals surface area contributed by atoms with Crippen molar-refractivity contribution in [3.05, 3.63) is 60.0 Å². The second kappa shape index (κ2) is 13.2. The lowest BCUT2D eigenvalue weighted by Gasteiger charge is -2.35. The Morgan fingerprint density at radius 2 is 1.85 bits per heavy atom. The molecule has 0 bridgehead atoms. The van der Waals surface area contributed by atoms with E-state index in [4.69, 9.17) is 9.72 Å². The van der Waals surface area contributed by atoms with Crippen LogP contribution in [0.25, 0.3) is 11.1 Å². The zero-order valence-electron chi connectivity index (χ0n) is 24.5. The Morgan fingerprint density at radius 1 is 1.10 bits per heavy atom. The minimum atomic E-state index is 0.0565. The number of methoxy groups -OCH3 is 1. The Hall–Kier alpha value is -3.23. The number of carbonyl (C=O) groups excluding carboxylic acids is 1. The van der Waals surface area contributed by atoms with E-state index in [9.17, 15) is 10.1 Å². The molecule has 0 N–H and O–H groups in total. The standard InChI is InChI=1S/C33H42N5O2P/c1-22(2)38-21-29(19-36-38)27-14-15-35-32(17-27)37(33(39)25-8-11-30(41)12-9-25)20-23-4-6-24(7-5-23)26-10-13-31(40-3)28(16-26)18-34/h10,13-17,19,21-25,30H,4-9,11-12,20,41H2,1-3H3. The van der Waals surface area contributed by atoms with Crippen LogP contribution < -0.4 is 9.64 Å². The Balaban J connectivity index is 1.34. The number of nitrogens with zero attached hydrogens (tertiary/aromatic N) is 5. The number of carbonyl (C=O) groups is 1. The summed E-state index contributed by atoms with van der Waals surface area (Å²) in [5.74, 6) is 2.48. The maximum Gasteiger partial charge on any atom is 0.231 e. The summed E-state index contributed by atoms with van der Waals surface area (Å²) in [5.41, 5.74) is 4.48. The molecule has 5 rings (SSSR count). The normalized spacial score (nSPS) is 22.7. The van der Waals surface area contributed by atoms with Gasteiger partial charge in [-0.3, -0.25) is 14.4 Å². The van der Waals surface area contributed by atoms with E-state index in [1.54, 1.807) is 7.11 Å². The highest BCUT2D eigenvalue weighted by Crippen LogP contribution is 2.39. The first-order valence-electron chi connectivity index (χ1n) is 15.0. The van der Waals surface area contributed by atoms with Crippen molar-refractivity contribution in [3.63, 3.8) is 0 Å². The molecule has 2 heterocycles. The zero-order chi connectivity index (χ0) is 28.9. The lowest BCUT2D eigenvalue weighted by molar-refractivity contribution is -0.123. The van der Waals surface area contributed by atoms with Gasteiger partial charge in [0.15, 0.2) is 0 Å². The number of ether oxygens (including phenoxy) is 1. The lowest BCUT2D eigenvalue weighted by atomic mass is 9.78. The fourth-order valence-electron chi connectivity index (χ4n) is 6.40. The second-order valence-electron chi connectivity index (χ2n) is 12.1. The largest absolute Gasteiger partial charge is 0.495 e. The van der Waals surface area contributed by atoms with Crippen LogP contribution in [0.5, 0.6) is 5.75 Å². The third-order valence-corrected chi connectivity index (χ3v) is 9.64. The van der Waals surface area contributed by atoms with E-state index in [0.717, 1.165) is 68.3 Å². The molecule has 0 saturated heterocycles. The summed E-state index contributed by atoms with van der Waals surface area (Å²) in [6.07, 6.45) is 14.0. The smallest absolute Gasteiger partial charge is 0.231 e. The monoisotopic (exact) mass is 571 g/mol. The highest BCUT2D eigenvalue weighted by molar-refractivity contribution is 7.17. The molecule has 2 fully saturated rings. The molecule has 1 amide bonds. The molecular weight excluding hydrogens is 529 g/mol. The van der Waals surface area contributed by atoms with E-state index in [1.165, 1.54) is 5.56 Å². The predicted molar refractivity (Wildman–Crippen MR) is 166 cm³/mol. The molecule has 2 saturated carbocycles. The molecule has 0 radical (unpaired) electrons. The highest BCUT2D eigenvalue weighted by atomic mass is 31.0. The number of pyridine rings is 1. The van der Waals surface area contributed by atoms with Gasteiger partial charge in [-0.1, -0.05) is 6.07 Å². The van der Waals surface area contributed by atoms with Gasteiger partial charge in [-0.25, -0.2) is 4.98 Å². The summed E-state index contributed by atoms with van der Waals surface area (Å²) in [5, 5.41) is 14.1. The van der Waals surface area contributed by atoms with E-state index in [1.807, 2.05) is 40.2 Å². The maximum atomic E-state index is 14.1. The number of aromatic nitrogens is 3. The van der Waals surface area contributed by atoms with Gasteiger partial charge in [0.25, 0.3) is 0 Å². The van der Waals surface area contributed by atoms with Gasteiger partial charge < -0.3 is 4.74 Å². The molecule has 2 aliphatic carbocycles. The van der Waals surface area contributed by atoms with Crippen molar-refractivity contribution in [2.24, 2.45) is 11.8 Å². The minimum Gasteiger partial charge on any atom is -0.495 e. The molecule has 0 aliphatic heterocycles. The third kappa shape index (κ3) is 6.81. The van der Waals surface area contributed by atoms with Gasteiger partial charge in [-0.2, -0.15) is 10.4 Å². The first-order chi connectivity index (χ1) is 19.9. The third-order valence-electron chi connectivity index (χ3n) is 8.98. The Bertz CT molecular complexity index is 1380. The van der Waals surface area contributed by atoms with Gasteiger partial charge in [-0.05, 0) is 118 Å². The molecule has 2 aromatic heterocycles. The molecule has 0 spiro atoms. The number of benzene rings is 1. The summed E-state index contributed by atoms with van der Waals surface area (Å²) in [6, 6.07) is 12.6. The van der Waals surface area contributed by atoms with Gasteiger partial charge in [0.2, 0.25) is 5.91 Å². The Kier molecular flexibility index (Phi) is 9.40. The molecule has 7 nitrogen and oxygen atoms in total. The summed E-state index contributed by atoms with van der Waals surface area (Å²) in [4.78, 5) is 20.8. The summed E-state index contributed by atoms with van der Waals surface area (Å²) in [6.45, 7) is 4.93. The van der Waals surface area contributed by atoms with Crippen LogP contribution >= 0.6 is 9.24 Å². The molecule has 216 valence electrons. The predicted octanol–water partition coefficient (Wildman–Crippen LogP) is 7.15. The SMILES string of the molecule is COc1ccc(C2CCC(CN(C(=O)C3CCC(P)CC3)c3cc(-c4cnn(C(C)C)c4)ccn3)CC2)cc1C#N. The van der Waals surface area contributed by atoms with Crippen LogP contribution in [0, 0.1) is 23.2 Å². The van der Waals surface area contributed by atoms with E-state index >= 15 is 0 Å².